The highest BCUT2D eigenvalue weighted by Crippen LogP contribution is 2.22. The van der Waals surface area contributed by atoms with E-state index in [1.165, 1.54) is 7.11 Å². The molecule has 10 heteroatoms. The van der Waals surface area contributed by atoms with Gasteiger partial charge >= 0.3 is 12.2 Å². The summed E-state index contributed by atoms with van der Waals surface area (Å²) in [5, 5.41) is 28.8. The molecule has 0 fully saturated rings. The third kappa shape index (κ3) is 9.88. The van der Waals surface area contributed by atoms with Crippen molar-refractivity contribution in [3.05, 3.63) is 90.1 Å². The van der Waals surface area contributed by atoms with Gasteiger partial charge < -0.3 is 30.9 Å². The number of nitrogens with one attached hydrogen (secondary N) is 3. The van der Waals surface area contributed by atoms with Gasteiger partial charge in [0.2, 0.25) is 5.91 Å². The fourth-order valence-electron chi connectivity index (χ4n) is 4.73. The monoisotopic (exact) mass is 576 g/mol. The number of aromatic nitrogens is 1. The summed E-state index contributed by atoms with van der Waals surface area (Å²) in [6, 6.07) is 20.3. The molecule has 0 spiro atoms. The van der Waals surface area contributed by atoms with Crippen LogP contribution in [-0.2, 0) is 22.4 Å². The average molecular weight is 577 g/mol. The molecule has 5 N–H and O–H groups in total. The zero-order valence-corrected chi connectivity index (χ0v) is 24.4. The maximum absolute atomic E-state index is 13.5. The summed E-state index contributed by atoms with van der Waals surface area (Å²) in [7, 11) is 1.23. The summed E-state index contributed by atoms with van der Waals surface area (Å²) >= 11 is 0. The zero-order chi connectivity index (χ0) is 30.7. The number of alkyl carbamates (subject to hydrolysis) is 1. The lowest BCUT2D eigenvalue weighted by molar-refractivity contribution is -0.126. The van der Waals surface area contributed by atoms with E-state index in [1.54, 1.807) is 6.20 Å². The van der Waals surface area contributed by atoms with E-state index in [-0.39, 0.29) is 12.8 Å². The van der Waals surface area contributed by atoms with Gasteiger partial charge in [-0.25, -0.2) is 9.59 Å². The molecule has 0 aliphatic carbocycles. The minimum Gasteiger partial charge on any atom is -0.465 e. The van der Waals surface area contributed by atoms with Gasteiger partial charge in [-0.3, -0.25) is 9.78 Å². The number of hydrogen-bond donors (Lipinski definition) is 5. The first-order valence-electron chi connectivity index (χ1n) is 13.8. The second-order valence-corrected chi connectivity index (χ2v) is 11.3. The molecule has 3 amide bonds. The fraction of sp³-hybridized carbons (Fsp3) is 0.375. The van der Waals surface area contributed by atoms with Crippen LogP contribution in [0.1, 0.15) is 38.3 Å². The molecule has 1 aromatic heterocycles. The number of amides is 3. The van der Waals surface area contributed by atoms with Gasteiger partial charge in [0.15, 0.2) is 0 Å². The number of carboxylic acid groups (broad SMARTS) is 1. The van der Waals surface area contributed by atoms with Crippen molar-refractivity contribution >= 4 is 18.1 Å². The molecule has 10 nitrogen and oxygen atoms in total. The summed E-state index contributed by atoms with van der Waals surface area (Å²) in [5.74, 6) is -0.444. The smallest absolute Gasteiger partial charge is 0.407 e. The summed E-state index contributed by atoms with van der Waals surface area (Å²) in [6.07, 6.45) is -0.715. The van der Waals surface area contributed by atoms with Crippen molar-refractivity contribution in [1.29, 1.82) is 0 Å². The lowest BCUT2D eigenvalue weighted by Gasteiger charge is -2.33. The van der Waals surface area contributed by atoms with Gasteiger partial charge in [0.25, 0.3) is 0 Å². The number of ether oxygens (including phenoxy) is 1. The van der Waals surface area contributed by atoms with Crippen LogP contribution >= 0.6 is 0 Å². The molecule has 0 bridgehead atoms. The number of pyridine rings is 1. The molecule has 0 saturated carbocycles. The highest BCUT2D eigenvalue weighted by atomic mass is 16.5. The van der Waals surface area contributed by atoms with Crippen molar-refractivity contribution < 1.29 is 29.3 Å². The molecular formula is C32H40N4O6. The molecule has 0 radical (unpaired) electrons. The molecule has 0 unspecified atom stereocenters. The number of methoxy groups -OCH3 is 1. The minimum atomic E-state index is -1.25. The number of carbonyl (C=O) groups excluding carboxylic acids is 2. The Labute approximate surface area is 246 Å². The van der Waals surface area contributed by atoms with E-state index in [0.29, 0.717) is 6.42 Å². The largest absolute Gasteiger partial charge is 0.465 e. The maximum atomic E-state index is 13.5. The van der Waals surface area contributed by atoms with Crippen molar-refractivity contribution in [2.75, 3.05) is 7.11 Å². The number of hydrogen-bond acceptors (Lipinski definition) is 6. The van der Waals surface area contributed by atoms with Gasteiger partial charge in [0.1, 0.15) is 6.04 Å². The number of rotatable bonds is 12. The van der Waals surface area contributed by atoms with Gasteiger partial charge in [-0.15, -0.1) is 0 Å². The minimum absolute atomic E-state index is 0.0562. The Morgan fingerprint density at radius 2 is 1.50 bits per heavy atom. The lowest BCUT2D eigenvalue weighted by Crippen LogP contribution is -2.56. The molecule has 3 aromatic rings. The first-order chi connectivity index (χ1) is 20.0. The van der Waals surface area contributed by atoms with E-state index in [0.717, 1.165) is 22.4 Å². The van der Waals surface area contributed by atoms with E-state index in [9.17, 15) is 24.6 Å². The summed E-state index contributed by atoms with van der Waals surface area (Å²) < 4.78 is 4.72. The highest BCUT2D eigenvalue weighted by molar-refractivity contribution is 5.86. The third-order valence-electron chi connectivity index (χ3n) is 6.92. The van der Waals surface area contributed by atoms with Gasteiger partial charge in [-0.05, 0) is 47.9 Å². The summed E-state index contributed by atoms with van der Waals surface area (Å²) in [5.41, 5.74) is 2.87. The van der Waals surface area contributed by atoms with E-state index in [2.05, 4.69) is 20.9 Å². The number of nitrogens with zero attached hydrogens (tertiary/aromatic N) is 1. The summed E-state index contributed by atoms with van der Waals surface area (Å²) in [6.45, 7) is 5.46. The maximum Gasteiger partial charge on any atom is 0.407 e. The Kier molecular flexibility index (Phi) is 11.4. The van der Waals surface area contributed by atoms with Crippen LogP contribution in [-0.4, -0.2) is 64.6 Å². The Morgan fingerprint density at radius 1 is 0.857 bits per heavy atom. The molecule has 0 aliphatic rings. The molecule has 0 aliphatic heterocycles. The topological polar surface area (TPSA) is 150 Å². The Hall–Kier alpha value is -4.44. The van der Waals surface area contributed by atoms with Crippen molar-refractivity contribution in [2.24, 2.45) is 5.41 Å². The second kappa shape index (κ2) is 15.0. The SMILES string of the molecule is COC(=O)N[C@H](C(=O)N[C@@H](Cc1ccc(-c2ccccn2)cc1)C[C@H](O)[C@H](Cc1ccccc1)NC(=O)O)C(C)(C)C. The zero-order valence-electron chi connectivity index (χ0n) is 24.4. The first-order valence-corrected chi connectivity index (χ1v) is 13.8. The Morgan fingerprint density at radius 3 is 2.07 bits per heavy atom. The predicted octanol–water partition coefficient (Wildman–Crippen LogP) is 4.18. The Balaban J connectivity index is 1.85. The third-order valence-corrected chi connectivity index (χ3v) is 6.92. The predicted molar refractivity (Wildman–Crippen MR) is 160 cm³/mol. The molecule has 2 aromatic carbocycles. The van der Waals surface area contributed by atoms with Crippen LogP contribution < -0.4 is 16.0 Å². The van der Waals surface area contributed by atoms with Crippen molar-refractivity contribution in [3.8, 4) is 11.3 Å². The molecule has 3 rings (SSSR count). The number of benzene rings is 2. The van der Waals surface area contributed by atoms with Crippen LogP contribution in [0.15, 0.2) is 79.0 Å². The van der Waals surface area contributed by atoms with E-state index in [4.69, 9.17) is 4.74 Å². The number of aliphatic hydroxyl groups is 1. The normalized spacial score (nSPS) is 14.1. The van der Waals surface area contributed by atoms with E-state index < -0.39 is 47.7 Å². The van der Waals surface area contributed by atoms with Crippen molar-refractivity contribution in [2.45, 2.75) is 64.3 Å². The van der Waals surface area contributed by atoms with Crippen LogP contribution in [0.3, 0.4) is 0 Å². The van der Waals surface area contributed by atoms with Crippen LogP contribution in [0.2, 0.25) is 0 Å². The quantitative estimate of drug-likeness (QED) is 0.217. The fourth-order valence-corrected chi connectivity index (χ4v) is 4.73. The summed E-state index contributed by atoms with van der Waals surface area (Å²) in [4.78, 5) is 41.5. The first kappa shape index (κ1) is 32.1. The number of aliphatic hydroxyl groups excluding tert-OH is 1. The van der Waals surface area contributed by atoms with Crippen LogP contribution in [0, 0.1) is 5.41 Å². The van der Waals surface area contributed by atoms with E-state index >= 15 is 0 Å². The Bertz CT molecular complexity index is 1300. The molecule has 0 saturated heterocycles. The molecule has 4 atom stereocenters. The lowest BCUT2D eigenvalue weighted by atomic mass is 9.85. The van der Waals surface area contributed by atoms with Crippen LogP contribution in [0.5, 0.6) is 0 Å². The molecule has 42 heavy (non-hydrogen) atoms. The van der Waals surface area contributed by atoms with Crippen LogP contribution in [0.25, 0.3) is 11.3 Å². The number of carbonyl (C=O) groups is 3. The van der Waals surface area contributed by atoms with Gasteiger partial charge in [0.05, 0.1) is 24.9 Å². The highest BCUT2D eigenvalue weighted by Gasteiger charge is 2.35. The van der Waals surface area contributed by atoms with Gasteiger partial charge in [0, 0.05) is 17.8 Å². The second-order valence-electron chi connectivity index (χ2n) is 11.3. The van der Waals surface area contributed by atoms with Gasteiger partial charge in [-0.2, -0.15) is 0 Å². The van der Waals surface area contributed by atoms with E-state index in [1.807, 2.05) is 93.6 Å². The van der Waals surface area contributed by atoms with Crippen molar-refractivity contribution in [3.63, 3.8) is 0 Å². The standard InChI is InChI=1S/C32H40N4O6/c1-32(2,3)28(36-31(41)42-4)29(38)34-24(18-22-13-15-23(16-14-22)25-12-8-9-17-33-25)20-27(37)26(35-30(39)40)19-21-10-6-5-7-11-21/h5-17,24,26-28,35,37H,18-20H2,1-4H3,(H,34,38)(H,36,41)(H,39,40)/t24-,26-,27-,28+/m0/s1. The molecule has 224 valence electrons. The molecular weight excluding hydrogens is 536 g/mol. The van der Waals surface area contributed by atoms with Gasteiger partial charge in [-0.1, -0.05) is 81.4 Å². The molecule has 1 heterocycles. The van der Waals surface area contributed by atoms with Crippen molar-refractivity contribution in [1.82, 2.24) is 20.9 Å². The average Bonchev–Trinajstić information content (AvgIpc) is 2.95. The van der Waals surface area contributed by atoms with Crippen LogP contribution in [0.4, 0.5) is 9.59 Å².